The van der Waals surface area contributed by atoms with E-state index in [0.29, 0.717) is 21.3 Å². The summed E-state index contributed by atoms with van der Waals surface area (Å²) < 4.78 is 10.6. The van der Waals surface area contributed by atoms with Crippen molar-refractivity contribution in [1.82, 2.24) is 0 Å². The van der Waals surface area contributed by atoms with E-state index in [0.717, 1.165) is 0 Å². The monoisotopic (exact) mass is 457 g/mol. The maximum atomic E-state index is 12.5. The number of nitrogens with zero attached hydrogens (tertiary/aromatic N) is 1. The highest BCUT2D eigenvalue weighted by Crippen LogP contribution is 2.26. The van der Waals surface area contributed by atoms with Crippen LogP contribution in [0.4, 0.5) is 5.69 Å². The van der Waals surface area contributed by atoms with Crippen LogP contribution in [0.1, 0.15) is 15.9 Å². The van der Waals surface area contributed by atoms with E-state index in [1.165, 1.54) is 37.5 Å². The summed E-state index contributed by atoms with van der Waals surface area (Å²) in [5.41, 5.74) is 6.02. The molecule has 2 aromatic rings. The molecule has 0 saturated carbocycles. The number of hydrogen-bond donors (Lipinski definition) is 2. The zero-order valence-electron chi connectivity index (χ0n) is 15.3. The Morgan fingerprint density at radius 2 is 1.90 bits per heavy atom. The summed E-state index contributed by atoms with van der Waals surface area (Å²) >= 11 is 3.31. The van der Waals surface area contributed by atoms with E-state index < -0.39 is 17.8 Å². The van der Waals surface area contributed by atoms with E-state index >= 15 is 0 Å². The standard InChI is InChI=1S/C20H16BrN3O5/c1-28-20(27)12-2-5-16(6-3-12)24-19(26)14(10-22)8-13-9-15(21)4-7-17(13)29-11-18(23)25/h2-9H,11H2,1H3,(H2,23,25)(H,24,26)/b14-8+. The SMILES string of the molecule is COC(=O)c1ccc(NC(=O)/C(C#N)=C/c2cc(Br)ccc2OCC(N)=O)cc1. The van der Waals surface area contributed by atoms with Crippen molar-refractivity contribution in [3.05, 3.63) is 63.6 Å². The van der Waals surface area contributed by atoms with Crippen LogP contribution in [-0.4, -0.2) is 31.5 Å². The summed E-state index contributed by atoms with van der Waals surface area (Å²) in [6.45, 7) is -0.344. The van der Waals surface area contributed by atoms with Crippen LogP contribution in [0.25, 0.3) is 6.08 Å². The first-order valence-corrected chi connectivity index (χ1v) is 8.95. The number of rotatable bonds is 7. The molecule has 9 heteroatoms. The van der Waals surface area contributed by atoms with Gasteiger partial charge >= 0.3 is 5.97 Å². The Bertz CT molecular complexity index is 1010. The Morgan fingerprint density at radius 3 is 2.48 bits per heavy atom. The van der Waals surface area contributed by atoms with Crippen LogP contribution in [0.15, 0.2) is 52.5 Å². The van der Waals surface area contributed by atoms with E-state index in [4.69, 9.17) is 10.5 Å². The maximum Gasteiger partial charge on any atom is 0.337 e. The predicted octanol–water partition coefficient (Wildman–Crippen LogP) is 2.65. The fourth-order valence-electron chi connectivity index (χ4n) is 2.22. The molecular formula is C20H16BrN3O5. The first kappa shape index (κ1) is 21.7. The molecule has 29 heavy (non-hydrogen) atoms. The second-order valence-corrected chi connectivity index (χ2v) is 6.55. The third-order valence-electron chi connectivity index (χ3n) is 3.57. The zero-order valence-corrected chi connectivity index (χ0v) is 16.9. The number of carbonyl (C=O) groups excluding carboxylic acids is 3. The van der Waals surface area contributed by atoms with E-state index in [1.54, 1.807) is 18.2 Å². The lowest BCUT2D eigenvalue weighted by atomic mass is 10.1. The van der Waals surface area contributed by atoms with Gasteiger partial charge in [0, 0.05) is 15.7 Å². The number of esters is 1. The number of methoxy groups -OCH3 is 1. The van der Waals surface area contributed by atoms with Crippen molar-refractivity contribution in [2.75, 3.05) is 19.0 Å². The molecular weight excluding hydrogens is 442 g/mol. The van der Waals surface area contributed by atoms with Crippen molar-refractivity contribution in [1.29, 1.82) is 5.26 Å². The highest BCUT2D eigenvalue weighted by Gasteiger charge is 2.13. The molecule has 0 aliphatic carbocycles. The van der Waals surface area contributed by atoms with Gasteiger partial charge in [0.1, 0.15) is 17.4 Å². The first-order chi connectivity index (χ1) is 13.8. The molecule has 0 bridgehead atoms. The van der Waals surface area contributed by atoms with Crippen LogP contribution in [-0.2, 0) is 14.3 Å². The van der Waals surface area contributed by atoms with E-state index in [-0.39, 0.29) is 17.9 Å². The minimum Gasteiger partial charge on any atom is -0.483 e. The summed E-state index contributed by atoms with van der Waals surface area (Å²) in [4.78, 5) is 34.9. The maximum absolute atomic E-state index is 12.5. The van der Waals surface area contributed by atoms with E-state index in [9.17, 15) is 19.6 Å². The molecule has 2 rings (SSSR count). The Balaban J connectivity index is 2.24. The van der Waals surface area contributed by atoms with Crippen molar-refractivity contribution >= 4 is 45.5 Å². The molecule has 0 radical (unpaired) electrons. The lowest BCUT2D eigenvalue weighted by molar-refractivity contribution is -0.120. The van der Waals surface area contributed by atoms with Crippen molar-refractivity contribution in [2.45, 2.75) is 0 Å². The highest BCUT2D eigenvalue weighted by molar-refractivity contribution is 9.10. The van der Waals surface area contributed by atoms with Gasteiger partial charge in [0.05, 0.1) is 12.7 Å². The number of primary amides is 1. The quantitative estimate of drug-likeness (QED) is 0.373. The van der Waals surface area contributed by atoms with Crippen LogP contribution in [0.3, 0.4) is 0 Å². The number of nitriles is 1. The second-order valence-electron chi connectivity index (χ2n) is 5.63. The van der Waals surface area contributed by atoms with Gasteiger partial charge < -0.3 is 20.5 Å². The Labute approximate surface area is 175 Å². The van der Waals surface area contributed by atoms with Crippen LogP contribution in [0.2, 0.25) is 0 Å². The van der Waals surface area contributed by atoms with Gasteiger partial charge in [-0.15, -0.1) is 0 Å². The number of amides is 2. The fourth-order valence-corrected chi connectivity index (χ4v) is 2.60. The molecule has 0 heterocycles. The predicted molar refractivity (Wildman–Crippen MR) is 109 cm³/mol. The van der Waals surface area contributed by atoms with Gasteiger partial charge in [0.25, 0.3) is 11.8 Å². The normalized spacial score (nSPS) is 10.6. The molecule has 0 unspecified atom stereocenters. The van der Waals surface area contributed by atoms with Crippen LogP contribution in [0.5, 0.6) is 5.75 Å². The topological polar surface area (TPSA) is 132 Å². The number of hydrogen-bond acceptors (Lipinski definition) is 6. The fraction of sp³-hybridized carbons (Fsp3) is 0.100. The molecule has 2 aromatic carbocycles. The molecule has 0 aliphatic heterocycles. The minimum atomic E-state index is -0.656. The first-order valence-electron chi connectivity index (χ1n) is 8.16. The van der Waals surface area contributed by atoms with Gasteiger partial charge in [-0.3, -0.25) is 9.59 Å². The molecule has 0 aliphatic rings. The molecule has 2 amide bonds. The molecule has 0 fully saturated rings. The third kappa shape index (κ3) is 6.19. The smallest absolute Gasteiger partial charge is 0.337 e. The van der Waals surface area contributed by atoms with Crippen LogP contribution < -0.4 is 15.8 Å². The minimum absolute atomic E-state index is 0.191. The highest BCUT2D eigenvalue weighted by atomic mass is 79.9. The summed E-state index contributed by atoms with van der Waals surface area (Å²) in [7, 11) is 1.27. The molecule has 0 aromatic heterocycles. The van der Waals surface area contributed by atoms with Gasteiger partial charge in [-0.05, 0) is 48.5 Å². The summed E-state index contributed by atoms with van der Waals surface area (Å²) in [5.74, 6) is -1.52. The van der Waals surface area contributed by atoms with Crippen molar-refractivity contribution in [2.24, 2.45) is 5.73 Å². The third-order valence-corrected chi connectivity index (χ3v) is 4.06. The average Bonchev–Trinajstić information content (AvgIpc) is 2.71. The Kier molecular flexibility index (Phi) is 7.51. The van der Waals surface area contributed by atoms with Gasteiger partial charge in [0.15, 0.2) is 6.61 Å². The number of carbonyl (C=O) groups is 3. The largest absolute Gasteiger partial charge is 0.483 e. The van der Waals surface area contributed by atoms with E-state index in [2.05, 4.69) is 26.0 Å². The number of nitrogens with two attached hydrogens (primary N) is 1. The zero-order chi connectivity index (χ0) is 21.4. The van der Waals surface area contributed by atoms with Gasteiger partial charge in [-0.2, -0.15) is 5.26 Å². The number of ether oxygens (including phenoxy) is 2. The van der Waals surface area contributed by atoms with Crippen molar-refractivity contribution < 1.29 is 23.9 Å². The van der Waals surface area contributed by atoms with E-state index in [1.807, 2.05) is 6.07 Å². The number of anilines is 1. The summed E-state index contributed by atoms with van der Waals surface area (Å²) in [5, 5.41) is 12.0. The number of halogens is 1. The summed E-state index contributed by atoms with van der Waals surface area (Å²) in [6.07, 6.45) is 1.33. The second kappa shape index (κ2) is 10.1. The molecule has 0 spiro atoms. The average molecular weight is 458 g/mol. The van der Waals surface area contributed by atoms with Gasteiger partial charge in [-0.25, -0.2) is 4.79 Å². The summed E-state index contributed by atoms with van der Waals surface area (Å²) in [6, 6.07) is 12.7. The van der Waals surface area contributed by atoms with Gasteiger partial charge in [0.2, 0.25) is 0 Å². The Morgan fingerprint density at radius 1 is 1.21 bits per heavy atom. The Hall–Kier alpha value is -3.64. The van der Waals surface area contributed by atoms with Gasteiger partial charge in [-0.1, -0.05) is 15.9 Å². The molecule has 0 atom stereocenters. The molecule has 3 N–H and O–H groups in total. The lowest BCUT2D eigenvalue weighted by Crippen LogP contribution is -2.20. The number of nitrogens with one attached hydrogen (secondary N) is 1. The molecule has 8 nitrogen and oxygen atoms in total. The molecule has 0 saturated heterocycles. The molecule has 148 valence electrons. The lowest BCUT2D eigenvalue weighted by Gasteiger charge is -2.09. The van der Waals surface area contributed by atoms with Crippen molar-refractivity contribution in [3.8, 4) is 11.8 Å². The number of benzene rings is 2. The van der Waals surface area contributed by atoms with Crippen molar-refractivity contribution in [3.63, 3.8) is 0 Å². The van der Waals surface area contributed by atoms with Crippen LogP contribution >= 0.6 is 15.9 Å². The van der Waals surface area contributed by atoms with Crippen LogP contribution in [0, 0.1) is 11.3 Å².